The van der Waals surface area contributed by atoms with Crippen molar-refractivity contribution < 1.29 is 4.79 Å². The van der Waals surface area contributed by atoms with Gasteiger partial charge in [0.2, 0.25) is 0 Å². The van der Waals surface area contributed by atoms with Crippen LogP contribution in [0.3, 0.4) is 0 Å². The minimum absolute atomic E-state index is 0.634. The summed E-state index contributed by atoms with van der Waals surface area (Å²) in [6.45, 7) is 2.22. The molecule has 0 radical (unpaired) electrons. The Morgan fingerprint density at radius 2 is 1.60 bits per heavy atom. The Morgan fingerprint density at radius 3 is 2.13 bits per heavy atom. The van der Waals surface area contributed by atoms with Gasteiger partial charge < -0.3 is 4.79 Å². The maximum absolute atomic E-state index is 10.2. The Morgan fingerprint density at radius 1 is 1.00 bits per heavy atom. The quantitative estimate of drug-likeness (QED) is 0.490. The van der Waals surface area contributed by atoms with E-state index in [1.54, 1.807) is 0 Å². The zero-order chi connectivity index (χ0) is 10.9. The van der Waals surface area contributed by atoms with Gasteiger partial charge in [-0.3, -0.25) is 0 Å². The number of aldehydes is 1. The second-order valence-electron chi connectivity index (χ2n) is 3.98. The molecule has 1 aromatic carbocycles. The number of unbranched alkanes of at least 4 members (excludes halogenated alkanes) is 2. The molecule has 0 aliphatic heterocycles. The summed E-state index contributed by atoms with van der Waals surface area (Å²) in [5, 5.41) is 0. The predicted octanol–water partition coefficient (Wildman–Crippen LogP) is 3.55. The Labute approximate surface area is 92.5 Å². The van der Waals surface area contributed by atoms with E-state index in [1.165, 1.54) is 36.8 Å². The highest BCUT2D eigenvalue weighted by molar-refractivity contribution is 5.50. The fourth-order valence-electron chi connectivity index (χ4n) is 1.68. The summed E-state index contributed by atoms with van der Waals surface area (Å²) in [6.07, 6.45) is 7.54. The van der Waals surface area contributed by atoms with Crippen molar-refractivity contribution in [2.24, 2.45) is 0 Å². The van der Waals surface area contributed by atoms with Gasteiger partial charge in [0.15, 0.2) is 0 Å². The largest absolute Gasteiger partial charge is 0.303 e. The van der Waals surface area contributed by atoms with E-state index in [0.717, 1.165) is 12.7 Å². The molecule has 0 fully saturated rings. The van der Waals surface area contributed by atoms with Crippen molar-refractivity contribution in [1.82, 2.24) is 0 Å². The average Bonchev–Trinajstić information content (AvgIpc) is 2.28. The van der Waals surface area contributed by atoms with Gasteiger partial charge in [0.05, 0.1) is 0 Å². The van der Waals surface area contributed by atoms with Gasteiger partial charge in [-0.1, -0.05) is 44.0 Å². The molecule has 0 aliphatic rings. The third kappa shape index (κ3) is 4.78. The number of carbonyl (C=O) groups is 1. The zero-order valence-corrected chi connectivity index (χ0v) is 9.54. The van der Waals surface area contributed by atoms with Crippen LogP contribution in [0, 0.1) is 0 Å². The first-order chi connectivity index (χ1) is 7.36. The lowest BCUT2D eigenvalue weighted by Crippen LogP contribution is -1.89. The SMILES string of the molecule is CCCCCc1ccc(CCC=O)cc1. The second kappa shape index (κ2) is 7.22. The molecule has 0 saturated heterocycles. The lowest BCUT2D eigenvalue weighted by Gasteiger charge is -2.02. The first-order valence-electron chi connectivity index (χ1n) is 5.88. The minimum atomic E-state index is 0.634. The van der Waals surface area contributed by atoms with Gasteiger partial charge in [-0.15, -0.1) is 0 Å². The summed E-state index contributed by atoms with van der Waals surface area (Å²) in [5.41, 5.74) is 2.68. The highest BCUT2D eigenvalue weighted by Crippen LogP contribution is 2.09. The molecule has 0 bridgehead atoms. The van der Waals surface area contributed by atoms with Gasteiger partial charge in [-0.25, -0.2) is 0 Å². The van der Waals surface area contributed by atoms with E-state index in [2.05, 4.69) is 31.2 Å². The lowest BCUT2D eigenvalue weighted by molar-refractivity contribution is -0.107. The number of carbonyl (C=O) groups excluding carboxylic acids is 1. The van der Waals surface area contributed by atoms with Crippen LogP contribution in [0.5, 0.6) is 0 Å². The molecule has 1 rings (SSSR count). The van der Waals surface area contributed by atoms with Gasteiger partial charge in [0.1, 0.15) is 6.29 Å². The standard InChI is InChI=1S/C14H20O/c1-2-3-4-6-13-8-10-14(11-9-13)7-5-12-15/h8-12H,2-7H2,1H3. The third-order valence-electron chi connectivity index (χ3n) is 2.64. The molecule has 1 nitrogen and oxygen atoms in total. The second-order valence-corrected chi connectivity index (χ2v) is 3.98. The van der Waals surface area contributed by atoms with Crippen LogP contribution in [0.15, 0.2) is 24.3 Å². The maximum Gasteiger partial charge on any atom is 0.120 e. The number of rotatable bonds is 7. The lowest BCUT2D eigenvalue weighted by atomic mass is 10.0. The van der Waals surface area contributed by atoms with Gasteiger partial charge in [-0.05, 0) is 30.4 Å². The van der Waals surface area contributed by atoms with E-state index in [-0.39, 0.29) is 0 Å². The molecule has 15 heavy (non-hydrogen) atoms. The van der Waals surface area contributed by atoms with Crippen molar-refractivity contribution in [2.45, 2.75) is 45.4 Å². The summed E-state index contributed by atoms with van der Waals surface area (Å²) >= 11 is 0. The summed E-state index contributed by atoms with van der Waals surface area (Å²) in [5.74, 6) is 0. The summed E-state index contributed by atoms with van der Waals surface area (Å²) in [6, 6.07) is 8.67. The molecule has 0 heterocycles. The molecule has 82 valence electrons. The molecule has 0 saturated carbocycles. The van der Waals surface area contributed by atoms with Crippen LogP contribution < -0.4 is 0 Å². The fourth-order valence-corrected chi connectivity index (χ4v) is 1.68. The van der Waals surface area contributed by atoms with Crippen molar-refractivity contribution >= 4 is 6.29 Å². The average molecular weight is 204 g/mol. The van der Waals surface area contributed by atoms with E-state index in [0.29, 0.717) is 6.42 Å². The number of benzene rings is 1. The van der Waals surface area contributed by atoms with Crippen molar-refractivity contribution in [3.8, 4) is 0 Å². The Bertz CT molecular complexity index is 274. The Hall–Kier alpha value is -1.11. The van der Waals surface area contributed by atoms with Crippen LogP contribution >= 0.6 is 0 Å². The first-order valence-corrected chi connectivity index (χ1v) is 5.88. The molecular weight excluding hydrogens is 184 g/mol. The molecule has 0 aliphatic carbocycles. The topological polar surface area (TPSA) is 17.1 Å². The van der Waals surface area contributed by atoms with E-state index in [1.807, 2.05) is 0 Å². The zero-order valence-electron chi connectivity index (χ0n) is 9.54. The van der Waals surface area contributed by atoms with Crippen molar-refractivity contribution in [3.63, 3.8) is 0 Å². The molecule has 0 N–H and O–H groups in total. The van der Waals surface area contributed by atoms with Gasteiger partial charge in [0, 0.05) is 6.42 Å². The normalized spacial score (nSPS) is 10.2. The molecule has 1 aromatic rings. The van der Waals surface area contributed by atoms with Crippen LogP contribution in [-0.2, 0) is 17.6 Å². The van der Waals surface area contributed by atoms with Crippen molar-refractivity contribution in [1.29, 1.82) is 0 Å². The highest BCUT2D eigenvalue weighted by atomic mass is 16.1. The minimum Gasteiger partial charge on any atom is -0.303 e. The number of aryl methyl sites for hydroxylation is 2. The third-order valence-corrected chi connectivity index (χ3v) is 2.64. The Balaban J connectivity index is 2.38. The van der Waals surface area contributed by atoms with Crippen LogP contribution in [0.2, 0.25) is 0 Å². The van der Waals surface area contributed by atoms with Crippen LogP contribution in [-0.4, -0.2) is 6.29 Å². The summed E-state index contributed by atoms with van der Waals surface area (Å²) < 4.78 is 0. The maximum atomic E-state index is 10.2. The predicted molar refractivity (Wildman–Crippen MR) is 64.1 cm³/mol. The molecule has 0 unspecified atom stereocenters. The molecule has 0 amide bonds. The highest BCUT2D eigenvalue weighted by Gasteiger charge is 1.95. The first kappa shape index (κ1) is 12.0. The monoisotopic (exact) mass is 204 g/mol. The summed E-state index contributed by atoms with van der Waals surface area (Å²) in [7, 11) is 0. The smallest absolute Gasteiger partial charge is 0.120 e. The Kier molecular flexibility index (Phi) is 5.76. The van der Waals surface area contributed by atoms with Crippen LogP contribution in [0.1, 0.15) is 43.7 Å². The van der Waals surface area contributed by atoms with Gasteiger partial charge in [-0.2, -0.15) is 0 Å². The molecule has 1 heteroatoms. The van der Waals surface area contributed by atoms with Crippen LogP contribution in [0.25, 0.3) is 0 Å². The molecule has 0 spiro atoms. The van der Waals surface area contributed by atoms with Crippen LogP contribution in [0.4, 0.5) is 0 Å². The van der Waals surface area contributed by atoms with E-state index in [4.69, 9.17) is 0 Å². The van der Waals surface area contributed by atoms with Gasteiger partial charge in [0.25, 0.3) is 0 Å². The summed E-state index contributed by atoms with van der Waals surface area (Å²) in [4.78, 5) is 10.2. The van der Waals surface area contributed by atoms with Gasteiger partial charge >= 0.3 is 0 Å². The van der Waals surface area contributed by atoms with E-state index >= 15 is 0 Å². The molecular formula is C14H20O. The van der Waals surface area contributed by atoms with E-state index in [9.17, 15) is 4.79 Å². The van der Waals surface area contributed by atoms with Crippen molar-refractivity contribution in [2.75, 3.05) is 0 Å². The molecule has 0 aromatic heterocycles. The van der Waals surface area contributed by atoms with Crippen molar-refractivity contribution in [3.05, 3.63) is 35.4 Å². The number of hydrogen-bond donors (Lipinski definition) is 0. The molecule has 0 atom stereocenters. The van der Waals surface area contributed by atoms with E-state index < -0.39 is 0 Å². The fraction of sp³-hybridized carbons (Fsp3) is 0.500. The number of hydrogen-bond acceptors (Lipinski definition) is 1.